The van der Waals surface area contributed by atoms with Gasteiger partial charge in [0.1, 0.15) is 0 Å². The highest BCUT2D eigenvalue weighted by atomic mass is 16.3. The molecule has 0 spiro atoms. The quantitative estimate of drug-likeness (QED) is 0.744. The van der Waals surface area contributed by atoms with E-state index in [0.717, 1.165) is 19.1 Å². The van der Waals surface area contributed by atoms with Gasteiger partial charge < -0.3 is 10.4 Å². The molecule has 2 aliphatic rings. The van der Waals surface area contributed by atoms with Crippen LogP contribution in [0.5, 0.6) is 0 Å². The molecule has 0 saturated heterocycles. The van der Waals surface area contributed by atoms with E-state index < -0.39 is 0 Å². The lowest BCUT2D eigenvalue weighted by Gasteiger charge is -2.38. The van der Waals surface area contributed by atoms with Gasteiger partial charge >= 0.3 is 0 Å². The minimum absolute atomic E-state index is 0.205. The minimum Gasteiger partial charge on any atom is -0.395 e. The van der Waals surface area contributed by atoms with Crippen molar-refractivity contribution in [3.63, 3.8) is 0 Å². The van der Waals surface area contributed by atoms with Crippen LogP contribution in [-0.4, -0.2) is 47.8 Å². The van der Waals surface area contributed by atoms with E-state index in [-0.39, 0.29) is 5.54 Å². The van der Waals surface area contributed by atoms with Crippen LogP contribution in [-0.2, 0) is 0 Å². The summed E-state index contributed by atoms with van der Waals surface area (Å²) in [4.78, 5) is 2.55. The second-order valence-corrected chi connectivity index (χ2v) is 7.74. The largest absolute Gasteiger partial charge is 0.395 e. The van der Waals surface area contributed by atoms with Crippen molar-refractivity contribution in [2.24, 2.45) is 5.41 Å². The molecule has 0 amide bonds. The van der Waals surface area contributed by atoms with Crippen molar-refractivity contribution in [2.45, 2.75) is 70.9 Å². The molecule has 2 N–H and O–H groups in total. The average Bonchev–Trinajstić information content (AvgIpc) is 3.07. The highest BCUT2D eigenvalue weighted by Gasteiger charge is 2.39. The first-order valence-electron chi connectivity index (χ1n) is 8.04. The van der Waals surface area contributed by atoms with E-state index in [1.54, 1.807) is 0 Å². The highest BCUT2D eigenvalue weighted by molar-refractivity contribution is 4.95. The van der Waals surface area contributed by atoms with Gasteiger partial charge in [-0.3, -0.25) is 4.90 Å². The molecular formula is C16H32N2O. The Bertz CT molecular complexity index is 275. The number of hydrogen-bond donors (Lipinski definition) is 2. The minimum atomic E-state index is 0.205. The third kappa shape index (κ3) is 4.73. The molecule has 0 aromatic carbocycles. The van der Waals surface area contributed by atoms with E-state index in [2.05, 4.69) is 31.0 Å². The van der Waals surface area contributed by atoms with Gasteiger partial charge in [-0.05, 0) is 51.9 Å². The molecule has 112 valence electrons. The lowest BCUT2D eigenvalue weighted by atomic mass is 9.84. The van der Waals surface area contributed by atoms with Crippen LogP contribution in [0, 0.1) is 5.41 Å². The molecule has 0 heterocycles. The molecule has 0 aromatic rings. The predicted octanol–water partition coefficient (Wildman–Crippen LogP) is 2.39. The number of hydrogen-bond acceptors (Lipinski definition) is 3. The molecule has 3 nitrogen and oxygen atoms in total. The van der Waals surface area contributed by atoms with Gasteiger partial charge in [0.05, 0.1) is 6.61 Å². The van der Waals surface area contributed by atoms with Crippen molar-refractivity contribution >= 4 is 0 Å². The second-order valence-electron chi connectivity index (χ2n) is 7.74. The summed E-state index contributed by atoms with van der Waals surface area (Å²) in [6, 6.07) is 0.763. The monoisotopic (exact) mass is 268 g/mol. The Morgan fingerprint density at radius 3 is 2.32 bits per heavy atom. The zero-order chi connectivity index (χ0) is 13.9. The molecule has 0 unspecified atom stereocenters. The van der Waals surface area contributed by atoms with Gasteiger partial charge in [0.15, 0.2) is 0 Å². The van der Waals surface area contributed by atoms with Gasteiger partial charge in [-0.2, -0.15) is 0 Å². The fourth-order valence-corrected chi connectivity index (χ4v) is 3.36. The van der Waals surface area contributed by atoms with E-state index in [0.29, 0.717) is 12.0 Å². The zero-order valence-electron chi connectivity index (χ0n) is 13.0. The first-order chi connectivity index (χ1) is 8.94. The van der Waals surface area contributed by atoms with Gasteiger partial charge in [0.25, 0.3) is 0 Å². The second kappa shape index (κ2) is 6.11. The average molecular weight is 268 g/mol. The molecule has 0 aliphatic heterocycles. The standard InChI is InChI=1S/C16H32N2O/c1-15(2,3)17-12-16(8-4-5-9-16)13-18(10-11-19)14-6-7-14/h14,17,19H,4-13H2,1-3H3. The number of rotatable bonds is 7. The summed E-state index contributed by atoms with van der Waals surface area (Å²) < 4.78 is 0. The summed E-state index contributed by atoms with van der Waals surface area (Å²) >= 11 is 0. The zero-order valence-corrected chi connectivity index (χ0v) is 13.0. The SMILES string of the molecule is CC(C)(C)NCC1(CN(CCO)C2CC2)CCCC1. The summed E-state index contributed by atoms with van der Waals surface area (Å²) in [6.07, 6.45) is 8.13. The first kappa shape index (κ1) is 15.3. The van der Waals surface area contributed by atoms with Crippen LogP contribution in [0.4, 0.5) is 0 Å². The lowest BCUT2D eigenvalue weighted by molar-refractivity contribution is 0.112. The Balaban J connectivity index is 1.93. The molecule has 0 atom stereocenters. The van der Waals surface area contributed by atoms with E-state index in [4.69, 9.17) is 0 Å². The molecule has 0 radical (unpaired) electrons. The summed E-state index contributed by atoms with van der Waals surface area (Å²) in [5.74, 6) is 0. The van der Waals surface area contributed by atoms with Gasteiger partial charge in [0.2, 0.25) is 0 Å². The molecule has 0 aromatic heterocycles. The van der Waals surface area contributed by atoms with Crippen molar-refractivity contribution in [2.75, 3.05) is 26.2 Å². The van der Waals surface area contributed by atoms with Crippen LogP contribution < -0.4 is 5.32 Å². The normalized spacial score (nSPS) is 23.2. The van der Waals surface area contributed by atoms with Crippen LogP contribution in [0.15, 0.2) is 0 Å². The van der Waals surface area contributed by atoms with Gasteiger partial charge in [-0.1, -0.05) is 12.8 Å². The maximum absolute atomic E-state index is 9.27. The van der Waals surface area contributed by atoms with Crippen LogP contribution in [0.1, 0.15) is 59.3 Å². The van der Waals surface area contributed by atoms with Crippen LogP contribution in [0.2, 0.25) is 0 Å². The van der Waals surface area contributed by atoms with Crippen LogP contribution in [0.25, 0.3) is 0 Å². The number of aliphatic hydroxyl groups excluding tert-OH is 1. The Labute approximate surface area is 118 Å². The topological polar surface area (TPSA) is 35.5 Å². The van der Waals surface area contributed by atoms with E-state index in [9.17, 15) is 5.11 Å². The fourth-order valence-electron chi connectivity index (χ4n) is 3.36. The smallest absolute Gasteiger partial charge is 0.0558 e. The fraction of sp³-hybridized carbons (Fsp3) is 1.00. The Hall–Kier alpha value is -0.120. The van der Waals surface area contributed by atoms with Crippen molar-refractivity contribution in [1.82, 2.24) is 10.2 Å². The van der Waals surface area contributed by atoms with Crippen LogP contribution >= 0.6 is 0 Å². The molecule has 2 rings (SSSR count). The third-order valence-electron chi connectivity index (χ3n) is 4.65. The maximum atomic E-state index is 9.27. The highest BCUT2D eigenvalue weighted by Crippen LogP contribution is 2.40. The molecule has 2 fully saturated rings. The number of nitrogens with zero attached hydrogens (tertiary/aromatic N) is 1. The van der Waals surface area contributed by atoms with E-state index >= 15 is 0 Å². The predicted molar refractivity (Wildman–Crippen MR) is 80.3 cm³/mol. The summed E-state index contributed by atoms with van der Waals surface area (Å²) in [7, 11) is 0. The van der Waals surface area contributed by atoms with Crippen molar-refractivity contribution in [3.05, 3.63) is 0 Å². The van der Waals surface area contributed by atoms with Gasteiger partial charge in [0, 0.05) is 31.2 Å². The summed E-state index contributed by atoms with van der Waals surface area (Å²) in [5.41, 5.74) is 0.655. The maximum Gasteiger partial charge on any atom is 0.0558 e. The first-order valence-corrected chi connectivity index (χ1v) is 8.04. The van der Waals surface area contributed by atoms with E-state index in [1.165, 1.54) is 45.1 Å². The molecule has 2 saturated carbocycles. The molecule has 2 aliphatic carbocycles. The lowest BCUT2D eigenvalue weighted by Crippen LogP contribution is -2.48. The molecule has 3 heteroatoms. The van der Waals surface area contributed by atoms with Crippen molar-refractivity contribution in [3.8, 4) is 0 Å². The molecule has 0 bridgehead atoms. The Kier molecular flexibility index (Phi) is 4.91. The number of aliphatic hydroxyl groups is 1. The molecular weight excluding hydrogens is 236 g/mol. The van der Waals surface area contributed by atoms with Crippen LogP contribution in [0.3, 0.4) is 0 Å². The van der Waals surface area contributed by atoms with Gasteiger partial charge in [-0.15, -0.1) is 0 Å². The Morgan fingerprint density at radius 1 is 1.21 bits per heavy atom. The van der Waals surface area contributed by atoms with Crippen molar-refractivity contribution < 1.29 is 5.11 Å². The summed E-state index contributed by atoms with van der Waals surface area (Å²) in [5, 5.41) is 13.0. The van der Waals surface area contributed by atoms with E-state index in [1.807, 2.05) is 0 Å². The summed E-state index contributed by atoms with van der Waals surface area (Å²) in [6.45, 7) is 10.2. The Morgan fingerprint density at radius 2 is 1.84 bits per heavy atom. The molecule has 19 heavy (non-hydrogen) atoms. The van der Waals surface area contributed by atoms with Gasteiger partial charge in [-0.25, -0.2) is 0 Å². The van der Waals surface area contributed by atoms with Crippen molar-refractivity contribution in [1.29, 1.82) is 0 Å². The number of nitrogens with one attached hydrogen (secondary N) is 1. The third-order valence-corrected chi connectivity index (χ3v) is 4.65.